The third kappa shape index (κ3) is 4.44. The van der Waals surface area contributed by atoms with Crippen molar-refractivity contribution in [3.05, 3.63) is 29.3 Å². The molecule has 4 nitrogen and oxygen atoms in total. The molecule has 0 bridgehead atoms. The van der Waals surface area contributed by atoms with Gasteiger partial charge in [-0.2, -0.15) is 0 Å². The van der Waals surface area contributed by atoms with E-state index in [4.69, 9.17) is 0 Å². The number of nitrogens with zero attached hydrogens (tertiary/aromatic N) is 1. The van der Waals surface area contributed by atoms with Crippen molar-refractivity contribution in [3.8, 4) is 5.75 Å². The number of benzene rings is 1. The van der Waals surface area contributed by atoms with Gasteiger partial charge in [-0.3, -0.25) is 9.69 Å². The molecule has 1 aromatic rings. The van der Waals surface area contributed by atoms with E-state index in [2.05, 4.69) is 5.32 Å². The molecule has 0 saturated heterocycles. The number of likely N-dealkylation sites (N-methyl/N-ethyl adjacent to an activating group) is 2. The minimum absolute atomic E-state index is 0.00198. The maximum atomic E-state index is 11.4. The topological polar surface area (TPSA) is 52.6 Å². The van der Waals surface area contributed by atoms with Gasteiger partial charge in [0.15, 0.2) is 0 Å². The molecule has 2 N–H and O–H groups in total. The fraction of sp³-hybridized carbons (Fsp3) is 0.462. The molecule has 0 radical (unpaired) electrons. The van der Waals surface area contributed by atoms with E-state index in [0.29, 0.717) is 19.6 Å². The van der Waals surface area contributed by atoms with Crippen LogP contribution in [0.4, 0.5) is 0 Å². The van der Waals surface area contributed by atoms with Crippen molar-refractivity contribution < 1.29 is 9.90 Å². The van der Waals surface area contributed by atoms with Crippen molar-refractivity contribution in [1.82, 2.24) is 10.2 Å². The molecule has 94 valence electrons. The maximum Gasteiger partial charge on any atom is 0.234 e. The van der Waals surface area contributed by atoms with Gasteiger partial charge >= 0.3 is 0 Å². The highest BCUT2D eigenvalue weighted by Crippen LogP contribution is 2.19. The van der Waals surface area contributed by atoms with Crippen LogP contribution in [0.15, 0.2) is 18.2 Å². The normalized spacial score (nSPS) is 10.6. The van der Waals surface area contributed by atoms with Gasteiger partial charge in [0.25, 0.3) is 0 Å². The van der Waals surface area contributed by atoms with Crippen LogP contribution < -0.4 is 5.32 Å². The minimum atomic E-state index is 0.00198. The van der Waals surface area contributed by atoms with Gasteiger partial charge in [-0.15, -0.1) is 0 Å². The van der Waals surface area contributed by atoms with Gasteiger partial charge < -0.3 is 10.4 Å². The van der Waals surface area contributed by atoms with Crippen LogP contribution in [-0.4, -0.2) is 36.1 Å². The first-order chi connectivity index (χ1) is 8.02. The highest BCUT2D eigenvalue weighted by atomic mass is 16.3. The van der Waals surface area contributed by atoms with E-state index in [0.717, 1.165) is 11.1 Å². The van der Waals surface area contributed by atoms with E-state index >= 15 is 0 Å². The third-order valence-electron chi connectivity index (χ3n) is 2.46. The van der Waals surface area contributed by atoms with Crippen molar-refractivity contribution in [1.29, 1.82) is 0 Å². The number of nitrogens with one attached hydrogen (secondary N) is 1. The van der Waals surface area contributed by atoms with Crippen molar-refractivity contribution in [2.24, 2.45) is 0 Å². The lowest BCUT2D eigenvalue weighted by atomic mass is 10.1. The van der Waals surface area contributed by atoms with Gasteiger partial charge in [0.2, 0.25) is 5.91 Å². The largest absolute Gasteiger partial charge is 0.508 e. The Morgan fingerprint density at radius 3 is 2.82 bits per heavy atom. The second kappa shape index (κ2) is 6.25. The summed E-state index contributed by atoms with van der Waals surface area (Å²) in [6.45, 7) is 5.41. The smallest absolute Gasteiger partial charge is 0.234 e. The minimum Gasteiger partial charge on any atom is -0.508 e. The van der Waals surface area contributed by atoms with E-state index in [1.165, 1.54) is 0 Å². The molecule has 0 atom stereocenters. The molecule has 1 aromatic carbocycles. The molecule has 17 heavy (non-hydrogen) atoms. The predicted octanol–water partition coefficient (Wildman–Crippen LogP) is 1.27. The number of phenols is 1. The zero-order chi connectivity index (χ0) is 12.8. The number of rotatable bonds is 5. The molecule has 0 saturated carbocycles. The highest BCUT2D eigenvalue weighted by molar-refractivity contribution is 5.77. The summed E-state index contributed by atoms with van der Waals surface area (Å²) in [4.78, 5) is 13.3. The van der Waals surface area contributed by atoms with Crippen LogP contribution in [0.3, 0.4) is 0 Å². The second-order valence-corrected chi connectivity index (χ2v) is 4.26. The van der Waals surface area contributed by atoms with Gasteiger partial charge in [-0.25, -0.2) is 0 Å². The molecule has 0 aliphatic heterocycles. The SMILES string of the molecule is CCNC(=O)CN(C)Cc1cc(C)ccc1O. The molecule has 0 aliphatic rings. The van der Waals surface area contributed by atoms with E-state index < -0.39 is 0 Å². The number of carbonyl (C=O) groups excluding carboxylic acids is 1. The Labute approximate surface area is 102 Å². The Morgan fingerprint density at radius 2 is 2.18 bits per heavy atom. The number of hydrogen-bond acceptors (Lipinski definition) is 3. The van der Waals surface area contributed by atoms with Crippen LogP contribution in [0.2, 0.25) is 0 Å². The van der Waals surface area contributed by atoms with Crippen LogP contribution in [0, 0.1) is 6.92 Å². The first-order valence-electron chi connectivity index (χ1n) is 5.76. The standard InChI is InChI=1S/C13H20N2O2/c1-4-14-13(17)9-15(3)8-11-7-10(2)5-6-12(11)16/h5-7,16H,4,8-9H2,1-3H3,(H,14,17). The van der Waals surface area contributed by atoms with Crippen LogP contribution in [-0.2, 0) is 11.3 Å². The number of aromatic hydroxyl groups is 1. The van der Waals surface area contributed by atoms with Gasteiger partial charge in [-0.05, 0) is 27.0 Å². The van der Waals surface area contributed by atoms with Crippen molar-refractivity contribution in [2.75, 3.05) is 20.1 Å². The third-order valence-corrected chi connectivity index (χ3v) is 2.46. The molecule has 0 fully saturated rings. The zero-order valence-corrected chi connectivity index (χ0v) is 10.7. The molecule has 0 heterocycles. The van der Waals surface area contributed by atoms with Crippen molar-refractivity contribution >= 4 is 5.91 Å². The second-order valence-electron chi connectivity index (χ2n) is 4.26. The van der Waals surface area contributed by atoms with Crippen molar-refractivity contribution in [3.63, 3.8) is 0 Å². The first-order valence-corrected chi connectivity index (χ1v) is 5.76. The highest BCUT2D eigenvalue weighted by Gasteiger charge is 2.08. The van der Waals surface area contributed by atoms with Crippen LogP contribution in [0.25, 0.3) is 0 Å². The van der Waals surface area contributed by atoms with Gasteiger partial charge in [0, 0.05) is 18.7 Å². The molecule has 0 aliphatic carbocycles. The monoisotopic (exact) mass is 236 g/mol. The maximum absolute atomic E-state index is 11.4. The number of phenolic OH excluding ortho intramolecular Hbond substituents is 1. The lowest BCUT2D eigenvalue weighted by Gasteiger charge is -2.17. The molecule has 1 rings (SSSR count). The average molecular weight is 236 g/mol. The summed E-state index contributed by atoms with van der Waals surface area (Å²) in [6.07, 6.45) is 0. The predicted molar refractivity (Wildman–Crippen MR) is 67.9 cm³/mol. The fourth-order valence-corrected chi connectivity index (χ4v) is 1.69. The summed E-state index contributed by atoms with van der Waals surface area (Å²) in [7, 11) is 1.86. The number of hydrogen-bond donors (Lipinski definition) is 2. The quantitative estimate of drug-likeness (QED) is 0.809. The molecular weight excluding hydrogens is 216 g/mol. The Bertz CT molecular complexity index is 391. The van der Waals surface area contributed by atoms with Crippen LogP contribution in [0.1, 0.15) is 18.1 Å². The molecule has 4 heteroatoms. The number of carbonyl (C=O) groups is 1. The van der Waals surface area contributed by atoms with E-state index in [1.807, 2.05) is 37.9 Å². The lowest BCUT2D eigenvalue weighted by molar-refractivity contribution is -0.121. The summed E-state index contributed by atoms with van der Waals surface area (Å²) >= 11 is 0. The summed E-state index contributed by atoms with van der Waals surface area (Å²) in [5, 5.41) is 12.4. The Morgan fingerprint density at radius 1 is 1.47 bits per heavy atom. The first kappa shape index (κ1) is 13.5. The van der Waals surface area contributed by atoms with Gasteiger partial charge in [0.05, 0.1) is 6.54 Å². The number of aryl methyl sites for hydroxylation is 1. The number of amides is 1. The van der Waals surface area contributed by atoms with Gasteiger partial charge in [0.1, 0.15) is 5.75 Å². The van der Waals surface area contributed by atoms with Crippen LogP contribution in [0.5, 0.6) is 5.75 Å². The molecular formula is C13H20N2O2. The Hall–Kier alpha value is -1.55. The zero-order valence-electron chi connectivity index (χ0n) is 10.7. The fourth-order valence-electron chi connectivity index (χ4n) is 1.69. The molecule has 1 amide bonds. The summed E-state index contributed by atoms with van der Waals surface area (Å²) in [5.74, 6) is 0.278. The summed E-state index contributed by atoms with van der Waals surface area (Å²) in [5.41, 5.74) is 1.95. The molecule has 0 aromatic heterocycles. The van der Waals surface area contributed by atoms with Gasteiger partial charge in [-0.1, -0.05) is 17.7 Å². The summed E-state index contributed by atoms with van der Waals surface area (Å²) < 4.78 is 0. The van der Waals surface area contributed by atoms with E-state index in [9.17, 15) is 9.90 Å². The average Bonchev–Trinajstić information content (AvgIpc) is 2.23. The Kier molecular flexibility index (Phi) is 4.97. The van der Waals surface area contributed by atoms with E-state index in [1.54, 1.807) is 6.07 Å². The molecule has 0 unspecified atom stereocenters. The lowest BCUT2D eigenvalue weighted by Crippen LogP contribution is -2.34. The van der Waals surface area contributed by atoms with Crippen molar-refractivity contribution in [2.45, 2.75) is 20.4 Å². The Balaban J connectivity index is 2.58. The summed E-state index contributed by atoms with van der Waals surface area (Å²) in [6, 6.07) is 5.48. The molecule has 0 spiro atoms. The van der Waals surface area contributed by atoms with Crippen LogP contribution >= 0.6 is 0 Å². The van der Waals surface area contributed by atoms with E-state index in [-0.39, 0.29) is 11.7 Å².